The molecule has 0 radical (unpaired) electrons. The quantitative estimate of drug-likeness (QED) is 0.674. The topological polar surface area (TPSA) is 37.7 Å². The third-order valence-corrected chi connectivity index (χ3v) is 5.26. The number of guanidine groups is 2. The van der Waals surface area contributed by atoms with Crippen LogP contribution in [-0.2, 0) is 0 Å². The van der Waals surface area contributed by atoms with E-state index in [1.54, 1.807) is 0 Å². The molecule has 2 aliphatic heterocycles. The molecule has 2 heterocycles. The first kappa shape index (κ1) is 18.2. The molecule has 6 nitrogen and oxygen atoms in total. The Morgan fingerprint density at radius 1 is 0.696 bits per heavy atom. The number of hydrogen-bond acceptors (Lipinski definition) is 3. The van der Waals surface area contributed by atoms with Crippen LogP contribution < -0.4 is 0 Å². The molecule has 0 spiro atoms. The molecule has 0 saturated carbocycles. The van der Waals surface area contributed by atoms with Gasteiger partial charge in [0.05, 0.1) is 13.1 Å². The van der Waals surface area contributed by atoms with Gasteiger partial charge in [0.2, 0.25) is 0 Å². The van der Waals surface area contributed by atoms with E-state index in [-0.39, 0.29) is 0 Å². The third-order valence-electron chi connectivity index (χ3n) is 4.32. The van der Waals surface area contributed by atoms with E-state index in [4.69, 9.17) is 9.98 Å². The number of hydrogen-bond donors (Lipinski definition) is 0. The summed E-state index contributed by atoms with van der Waals surface area (Å²) in [7, 11) is 8.54. The van der Waals surface area contributed by atoms with E-state index in [9.17, 15) is 0 Å². The normalized spacial score (nSPS) is 19.5. The largest absolute Gasteiger partial charge is 0.346 e. The molecular formula is C16H32N6S. The lowest BCUT2D eigenvalue weighted by Crippen LogP contribution is -2.46. The highest BCUT2D eigenvalue weighted by Crippen LogP contribution is 2.08. The van der Waals surface area contributed by atoms with Gasteiger partial charge < -0.3 is 19.6 Å². The first-order valence-electron chi connectivity index (χ1n) is 8.61. The Bertz CT molecular complexity index is 363. The molecule has 0 aromatic heterocycles. The number of thioether (sulfide) groups is 1. The molecule has 132 valence electrons. The Morgan fingerprint density at radius 3 is 1.39 bits per heavy atom. The summed E-state index contributed by atoms with van der Waals surface area (Å²) in [6, 6.07) is 0. The molecule has 2 fully saturated rings. The fourth-order valence-electron chi connectivity index (χ4n) is 3.08. The summed E-state index contributed by atoms with van der Waals surface area (Å²) < 4.78 is 0. The molecule has 0 unspecified atom stereocenters. The minimum absolute atomic E-state index is 0.894. The van der Waals surface area contributed by atoms with Gasteiger partial charge in [0.15, 0.2) is 11.9 Å². The highest BCUT2D eigenvalue weighted by Gasteiger charge is 2.17. The maximum absolute atomic E-state index is 4.75. The van der Waals surface area contributed by atoms with Crippen LogP contribution in [-0.4, -0.2) is 110 Å². The average molecular weight is 341 g/mol. The zero-order valence-corrected chi connectivity index (χ0v) is 16.0. The van der Waals surface area contributed by atoms with Gasteiger partial charge in [-0.3, -0.25) is 9.98 Å². The zero-order chi connectivity index (χ0) is 16.7. The van der Waals surface area contributed by atoms with Crippen molar-refractivity contribution in [2.24, 2.45) is 9.98 Å². The predicted octanol–water partition coefficient (Wildman–Crippen LogP) is 0.966. The summed E-state index contributed by atoms with van der Waals surface area (Å²) in [5, 5.41) is 0. The molecule has 0 aliphatic carbocycles. The van der Waals surface area contributed by atoms with Gasteiger partial charge in [0, 0.05) is 65.9 Å². The summed E-state index contributed by atoms with van der Waals surface area (Å²) >= 11 is 1.95. The number of rotatable bonds is 6. The lowest BCUT2D eigenvalue weighted by Gasteiger charge is -2.34. The Hall–Kier alpha value is -1.11. The summed E-state index contributed by atoms with van der Waals surface area (Å²) in [5.41, 5.74) is 0. The number of aliphatic imine (C=N–C) groups is 2. The van der Waals surface area contributed by atoms with E-state index in [1.165, 1.54) is 12.8 Å². The molecule has 0 bridgehead atoms. The molecule has 0 atom stereocenters. The van der Waals surface area contributed by atoms with E-state index < -0.39 is 0 Å². The molecule has 23 heavy (non-hydrogen) atoms. The van der Waals surface area contributed by atoms with E-state index in [0.717, 1.165) is 62.7 Å². The molecule has 7 heteroatoms. The van der Waals surface area contributed by atoms with Crippen LogP contribution in [0.25, 0.3) is 0 Å². The third kappa shape index (κ3) is 5.48. The molecule has 0 aromatic rings. The molecule has 2 aliphatic rings. The van der Waals surface area contributed by atoms with E-state index in [0.29, 0.717) is 0 Å². The first-order chi connectivity index (χ1) is 11.1. The molecule has 2 rings (SSSR count). The summed E-state index contributed by atoms with van der Waals surface area (Å²) in [6.07, 6.45) is 2.45. The highest BCUT2D eigenvalue weighted by molar-refractivity contribution is 7.99. The minimum Gasteiger partial charge on any atom is -0.346 e. The minimum atomic E-state index is 0.894. The maximum atomic E-state index is 4.75. The second kappa shape index (κ2) is 9.25. The summed E-state index contributed by atoms with van der Waals surface area (Å²) in [6.45, 7) is 6.27. The van der Waals surface area contributed by atoms with Gasteiger partial charge in [-0.2, -0.15) is 11.8 Å². The first-order valence-corrected chi connectivity index (χ1v) is 9.76. The van der Waals surface area contributed by atoms with Crippen LogP contribution in [0.4, 0.5) is 0 Å². The second-order valence-corrected chi connectivity index (χ2v) is 7.59. The van der Waals surface area contributed by atoms with Gasteiger partial charge in [-0.1, -0.05) is 0 Å². The van der Waals surface area contributed by atoms with Crippen molar-refractivity contribution in [2.75, 3.05) is 79.0 Å². The summed E-state index contributed by atoms with van der Waals surface area (Å²) in [4.78, 5) is 18.5. The van der Waals surface area contributed by atoms with Crippen molar-refractivity contribution >= 4 is 23.7 Å². The van der Waals surface area contributed by atoms with Crippen LogP contribution in [0.5, 0.6) is 0 Å². The van der Waals surface area contributed by atoms with Crippen molar-refractivity contribution in [3.05, 3.63) is 0 Å². The van der Waals surface area contributed by atoms with Gasteiger partial charge in [0.25, 0.3) is 0 Å². The molecule has 0 N–H and O–H groups in total. The molecule has 2 saturated heterocycles. The summed E-state index contributed by atoms with van der Waals surface area (Å²) in [5.74, 6) is 4.42. The fourth-order valence-corrected chi connectivity index (χ4v) is 3.72. The highest BCUT2D eigenvalue weighted by atomic mass is 32.2. The SMILES string of the molecule is CN1CCCN(C)C1=NCCSCCN=C1N(C)CCCN1C. The van der Waals surface area contributed by atoms with Gasteiger partial charge in [-0.25, -0.2) is 0 Å². The van der Waals surface area contributed by atoms with Gasteiger partial charge in [-0.15, -0.1) is 0 Å². The van der Waals surface area contributed by atoms with Crippen molar-refractivity contribution in [1.29, 1.82) is 0 Å². The molecule has 0 aromatic carbocycles. The number of nitrogens with zero attached hydrogens (tertiary/aromatic N) is 6. The monoisotopic (exact) mass is 340 g/mol. The van der Waals surface area contributed by atoms with Crippen LogP contribution in [0.3, 0.4) is 0 Å². The lowest BCUT2D eigenvalue weighted by atomic mass is 10.3. The van der Waals surface area contributed by atoms with Crippen LogP contribution >= 0.6 is 11.8 Å². The van der Waals surface area contributed by atoms with Crippen molar-refractivity contribution in [3.8, 4) is 0 Å². The second-order valence-electron chi connectivity index (χ2n) is 6.37. The van der Waals surface area contributed by atoms with Crippen LogP contribution in [0.2, 0.25) is 0 Å². The van der Waals surface area contributed by atoms with Gasteiger partial charge >= 0.3 is 0 Å². The van der Waals surface area contributed by atoms with Crippen molar-refractivity contribution in [3.63, 3.8) is 0 Å². The Morgan fingerprint density at radius 2 is 1.04 bits per heavy atom. The van der Waals surface area contributed by atoms with Crippen LogP contribution in [0.15, 0.2) is 9.98 Å². The Balaban J connectivity index is 1.64. The van der Waals surface area contributed by atoms with E-state index >= 15 is 0 Å². The Labute approximate surface area is 145 Å². The lowest BCUT2D eigenvalue weighted by molar-refractivity contribution is 0.317. The van der Waals surface area contributed by atoms with Crippen LogP contribution in [0.1, 0.15) is 12.8 Å². The van der Waals surface area contributed by atoms with Crippen molar-refractivity contribution in [2.45, 2.75) is 12.8 Å². The Kier molecular flexibility index (Phi) is 7.33. The van der Waals surface area contributed by atoms with E-state index in [2.05, 4.69) is 47.8 Å². The van der Waals surface area contributed by atoms with Crippen molar-refractivity contribution < 1.29 is 0 Å². The maximum Gasteiger partial charge on any atom is 0.196 e. The van der Waals surface area contributed by atoms with Crippen LogP contribution in [0, 0.1) is 0 Å². The van der Waals surface area contributed by atoms with E-state index in [1.807, 2.05) is 11.8 Å². The zero-order valence-electron chi connectivity index (χ0n) is 15.2. The smallest absolute Gasteiger partial charge is 0.196 e. The van der Waals surface area contributed by atoms with Crippen molar-refractivity contribution in [1.82, 2.24) is 19.6 Å². The average Bonchev–Trinajstić information content (AvgIpc) is 2.51. The predicted molar refractivity (Wildman–Crippen MR) is 102 cm³/mol. The van der Waals surface area contributed by atoms with Gasteiger partial charge in [0.1, 0.15) is 0 Å². The van der Waals surface area contributed by atoms with Gasteiger partial charge in [-0.05, 0) is 12.8 Å². The fraction of sp³-hybridized carbons (Fsp3) is 0.875. The molecule has 0 amide bonds. The standard InChI is InChI=1S/C16H32N6S/c1-19-9-5-10-20(2)15(19)17-7-13-23-14-8-18-16-21(3)11-6-12-22(16)4/h5-14H2,1-4H3. The molecular weight excluding hydrogens is 308 g/mol.